The summed E-state index contributed by atoms with van der Waals surface area (Å²) in [7, 11) is 0. The van der Waals surface area contributed by atoms with E-state index in [1.807, 2.05) is 35.7 Å². The Kier molecular flexibility index (Phi) is 6.15. The Hall–Kier alpha value is -4.09. The molecule has 4 nitrogen and oxygen atoms in total. The minimum Gasteiger partial charge on any atom is -0.302 e. The Bertz CT molecular complexity index is 1530. The number of fused-ring (bicyclic) bond motifs is 1. The SMILES string of the molecule is C[C@]1(c2ccccc2)c2ccccc2CC1C(=O)Nc1nc(Cc2ccc(-c3ccncc3)cc2)cs1. The third-order valence-electron chi connectivity index (χ3n) is 7.52. The van der Waals surface area contributed by atoms with Crippen molar-refractivity contribution in [2.75, 3.05) is 5.32 Å². The van der Waals surface area contributed by atoms with Crippen LogP contribution in [0, 0.1) is 5.92 Å². The zero-order valence-electron chi connectivity index (χ0n) is 20.6. The molecule has 1 unspecified atom stereocenters. The highest BCUT2D eigenvalue weighted by atomic mass is 32.1. The fourth-order valence-corrected chi connectivity index (χ4v) is 6.23. The zero-order valence-corrected chi connectivity index (χ0v) is 21.4. The first-order valence-corrected chi connectivity index (χ1v) is 13.4. The molecule has 1 aliphatic carbocycles. The van der Waals surface area contributed by atoms with E-state index in [1.165, 1.54) is 28.0 Å². The van der Waals surface area contributed by atoms with Crippen molar-refractivity contribution in [2.45, 2.75) is 25.2 Å². The number of amides is 1. The largest absolute Gasteiger partial charge is 0.302 e. The summed E-state index contributed by atoms with van der Waals surface area (Å²) in [4.78, 5) is 22.5. The van der Waals surface area contributed by atoms with Crippen LogP contribution >= 0.6 is 11.3 Å². The lowest BCUT2D eigenvalue weighted by atomic mass is 9.71. The number of carbonyl (C=O) groups is 1. The van der Waals surface area contributed by atoms with E-state index >= 15 is 0 Å². The number of nitrogens with one attached hydrogen (secondary N) is 1. The first-order valence-electron chi connectivity index (χ1n) is 12.5. The van der Waals surface area contributed by atoms with E-state index in [0.717, 1.165) is 35.2 Å². The molecule has 2 aromatic heterocycles. The quantitative estimate of drug-likeness (QED) is 0.275. The second kappa shape index (κ2) is 9.75. The summed E-state index contributed by atoms with van der Waals surface area (Å²) in [5, 5.41) is 5.83. The van der Waals surface area contributed by atoms with Crippen LogP contribution in [0.15, 0.2) is 109 Å². The highest BCUT2D eigenvalue weighted by molar-refractivity contribution is 7.13. The second-order valence-electron chi connectivity index (χ2n) is 9.73. The van der Waals surface area contributed by atoms with E-state index in [-0.39, 0.29) is 11.8 Å². The predicted molar refractivity (Wildman–Crippen MR) is 150 cm³/mol. The lowest BCUT2D eigenvalue weighted by Crippen LogP contribution is -2.38. The number of benzene rings is 3. The maximum Gasteiger partial charge on any atom is 0.230 e. The summed E-state index contributed by atoms with van der Waals surface area (Å²) in [6, 6.07) is 31.3. The van der Waals surface area contributed by atoms with Gasteiger partial charge in [-0.25, -0.2) is 4.98 Å². The van der Waals surface area contributed by atoms with E-state index in [4.69, 9.17) is 4.98 Å². The van der Waals surface area contributed by atoms with Gasteiger partial charge in [0.25, 0.3) is 0 Å². The van der Waals surface area contributed by atoms with Crippen LogP contribution in [0.4, 0.5) is 5.13 Å². The molecule has 5 heteroatoms. The average Bonchev–Trinajstić information content (AvgIpc) is 3.52. The van der Waals surface area contributed by atoms with Crippen LogP contribution < -0.4 is 5.32 Å². The summed E-state index contributed by atoms with van der Waals surface area (Å²) in [6.07, 6.45) is 5.05. The van der Waals surface area contributed by atoms with Crippen molar-refractivity contribution in [3.05, 3.63) is 137 Å². The molecule has 2 atom stereocenters. The van der Waals surface area contributed by atoms with Gasteiger partial charge in [-0.2, -0.15) is 0 Å². The highest BCUT2D eigenvalue weighted by Gasteiger charge is 2.47. The molecule has 0 fully saturated rings. The molecule has 0 saturated carbocycles. The Labute approximate surface area is 221 Å². The normalized spacial score (nSPS) is 18.4. The molecular weight excluding hydrogens is 474 g/mol. The molecule has 1 aliphatic rings. The minimum absolute atomic E-state index is 0.0187. The third kappa shape index (κ3) is 4.47. The molecule has 2 heterocycles. The molecule has 1 N–H and O–H groups in total. The van der Waals surface area contributed by atoms with Crippen molar-refractivity contribution >= 4 is 22.4 Å². The van der Waals surface area contributed by atoms with Crippen LogP contribution in [0.25, 0.3) is 11.1 Å². The summed E-state index contributed by atoms with van der Waals surface area (Å²) >= 11 is 1.49. The number of rotatable bonds is 6. The molecule has 0 bridgehead atoms. The summed E-state index contributed by atoms with van der Waals surface area (Å²) in [6.45, 7) is 2.20. The average molecular weight is 502 g/mol. The van der Waals surface area contributed by atoms with Crippen LogP contribution in [0.1, 0.15) is 34.9 Å². The van der Waals surface area contributed by atoms with Crippen LogP contribution in [0.2, 0.25) is 0 Å². The Morgan fingerprint density at radius 2 is 1.62 bits per heavy atom. The van der Waals surface area contributed by atoms with Crippen molar-refractivity contribution in [1.29, 1.82) is 0 Å². The molecule has 0 radical (unpaired) electrons. The lowest BCUT2D eigenvalue weighted by molar-refractivity contribution is -0.121. The van der Waals surface area contributed by atoms with E-state index in [9.17, 15) is 4.79 Å². The van der Waals surface area contributed by atoms with Gasteiger partial charge in [-0.1, -0.05) is 85.8 Å². The van der Waals surface area contributed by atoms with Gasteiger partial charge in [0.05, 0.1) is 11.6 Å². The number of anilines is 1. The van der Waals surface area contributed by atoms with Crippen LogP contribution in [0.3, 0.4) is 0 Å². The Balaban J connectivity index is 1.18. The number of hydrogen-bond donors (Lipinski definition) is 1. The molecular formula is C32H27N3OS. The zero-order chi connectivity index (χ0) is 25.2. The van der Waals surface area contributed by atoms with E-state index < -0.39 is 5.41 Å². The van der Waals surface area contributed by atoms with Crippen molar-refractivity contribution in [1.82, 2.24) is 9.97 Å². The third-order valence-corrected chi connectivity index (χ3v) is 8.33. The standard InChI is InChI=1S/C32H27N3OS/c1-32(26-8-3-2-4-9-26)28-10-6-5-7-25(28)20-29(32)30(36)35-31-34-27(21-37-31)19-22-11-13-23(14-12-22)24-15-17-33-18-16-24/h2-18,21,29H,19-20H2,1H3,(H,34,35,36)/t29?,32-/m0/s1. The Morgan fingerprint density at radius 1 is 0.919 bits per heavy atom. The summed E-state index contributed by atoms with van der Waals surface area (Å²) in [5.74, 6) is -0.189. The molecule has 0 spiro atoms. The molecule has 1 amide bonds. The summed E-state index contributed by atoms with van der Waals surface area (Å²) in [5.41, 5.74) is 7.70. The van der Waals surface area contributed by atoms with Gasteiger partial charge in [0.15, 0.2) is 5.13 Å². The smallest absolute Gasteiger partial charge is 0.230 e. The van der Waals surface area contributed by atoms with E-state index in [2.05, 4.69) is 77.9 Å². The summed E-state index contributed by atoms with van der Waals surface area (Å²) < 4.78 is 0. The molecule has 0 saturated heterocycles. The van der Waals surface area contributed by atoms with Gasteiger partial charge >= 0.3 is 0 Å². The fourth-order valence-electron chi connectivity index (χ4n) is 5.52. The van der Waals surface area contributed by atoms with Gasteiger partial charge in [-0.3, -0.25) is 9.78 Å². The van der Waals surface area contributed by atoms with E-state index in [1.54, 1.807) is 12.4 Å². The minimum atomic E-state index is -0.390. The molecule has 37 heavy (non-hydrogen) atoms. The fraction of sp³-hybridized carbons (Fsp3) is 0.156. The van der Waals surface area contributed by atoms with Crippen LogP contribution in [-0.2, 0) is 23.1 Å². The molecule has 0 aliphatic heterocycles. The van der Waals surface area contributed by atoms with Crippen LogP contribution in [-0.4, -0.2) is 15.9 Å². The predicted octanol–water partition coefficient (Wildman–Crippen LogP) is 6.91. The lowest BCUT2D eigenvalue weighted by Gasteiger charge is -2.32. The number of thiazole rings is 1. The van der Waals surface area contributed by atoms with Gasteiger partial charge in [-0.15, -0.1) is 11.3 Å². The number of carbonyl (C=O) groups excluding carboxylic acids is 1. The molecule has 6 rings (SSSR count). The van der Waals surface area contributed by atoms with Crippen LogP contribution in [0.5, 0.6) is 0 Å². The molecule has 182 valence electrons. The van der Waals surface area contributed by atoms with Gasteiger partial charge in [0, 0.05) is 29.6 Å². The monoisotopic (exact) mass is 501 g/mol. The number of nitrogens with zero attached hydrogens (tertiary/aromatic N) is 2. The number of hydrogen-bond acceptors (Lipinski definition) is 4. The second-order valence-corrected chi connectivity index (χ2v) is 10.6. The maximum absolute atomic E-state index is 13.7. The van der Waals surface area contributed by atoms with E-state index in [0.29, 0.717) is 5.13 Å². The van der Waals surface area contributed by atoms with Gasteiger partial charge < -0.3 is 5.32 Å². The van der Waals surface area contributed by atoms with Gasteiger partial charge in [0.1, 0.15) is 0 Å². The highest BCUT2D eigenvalue weighted by Crippen LogP contribution is 2.48. The molecule has 3 aromatic carbocycles. The van der Waals surface area contributed by atoms with Crippen molar-refractivity contribution in [2.24, 2.45) is 5.92 Å². The van der Waals surface area contributed by atoms with Crippen molar-refractivity contribution in [3.8, 4) is 11.1 Å². The number of pyridine rings is 1. The topological polar surface area (TPSA) is 54.9 Å². The first kappa shape index (κ1) is 23.3. The maximum atomic E-state index is 13.7. The Morgan fingerprint density at radius 3 is 2.41 bits per heavy atom. The first-order chi connectivity index (χ1) is 18.1. The molecule has 5 aromatic rings. The number of aromatic nitrogens is 2. The van der Waals surface area contributed by atoms with Crippen molar-refractivity contribution < 1.29 is 4.79 Å². The van der Waals surface area contributed by atoms with Gasteiger partial charge in [-0.05, 0) is 51.9 Å². The van der Waals surface area contributed by atoms with Gasteiger partial charge in [0.2, 0.25) is 5.91 Å². The van der Waals surface area contributed by atoms with Crippen molar-refractivity contribution in [3.63, 3.8) is 0 Å².